The van der Waals surface area contributed by atoms with Crippen molar-refractivity contribution >= 4 is 42.6 Å². The van der Waals surface area contributed by atoms with Crippen LogP contribution in [0.1, 0.15) is 0 Å². The third-order valence-corrected chi connectivity index (χ3v) is 4.85. The van der Waals surface area contributed by atoms with E-state index in [0.29, 0.717) is 5.39 Å². The van der Waals surface area contributed by atoms with Crippen LogP contribution in [0.3, 0.4) is 0 Å². The molecule has 9 heteroatoms. The van der Waals surface area contributed by atoms with Gasteiger partial charge in [0.1, 0.15) is 9.79 Å². The third-order valence-electron chi connectivity index (χ3n) is 2.43. The summed E-state index contributed by atoms with van der Waals surface area (Å²) < 4.78 is 63.6. The van der Waals surface area contributed by atoms with Gasteiger partial charge >= 0.3 is 0 Å². The maximum absolute atomic E-state index is 11.4. The van der Waals surface area contributed by atoms with Gasteiger partial charge in [-0.05, 0) is 11.5 Å². The van der Waals surface area contributed by atoms with Crippen molar-refractivity contribution in [2.24, 2.45) is 0 Å². The molecule has 6 nitrogen and oxygen atoms in total. The zero-order valence-corrected chi connectivity index (χ0v) is 11.5. The van der Waals surface area contributed by atoms with E-state index in [1.807, 2.05) is 0 Å². The first-order chi connectivity index (χ1) is 8.62. The summed E-state index contributed by atoms with van der Waals surface area (Å²) in [5.41, 5.74) is 0. The van der Waals surface area contributed by atoms with Gasteiger partial charge in [0.2, 0.25) is 0 Å². The first-order valence-corrected chi connectivity index (χ1v) is 8.04. The van der Waals surface area contributed by atoms with Crippen molar-refractivity contribution in [1.29, 1.82) is 0 Å². The monoisotopic (exact) mass is 322 g/mol. The predicted octanol–water partition coefficient (Wildman–Crippen LogP) is 1.99. The quantitative estimate of drug-likeness (QED) is 0.818. The van der Waals surface area contributed by atoms with E-state index in [-0.39, 0.29) is 5.39 Å². The summed E-state index contributed by atoms with van der Waals surface area (Å²) in [7, 11) is -9.80. The van der Waals surface area contributed by atoms with Crippen LogP contribution < -0.4 is 0 Å². The van der Waals surface area contributed by atoms with Gasteiger partial charge in [-0.25, -0.2) is 0 Å². The highest BCUT2D eigenvalue weighted by Crippen LogP contribution is 2.35. The molecular formula is C10H7ClO6S2. The molecule has 0 amide bonds. The molecule has 0 saturated carbocycles. The Kier molecular flexibility index (Phi) is 3.31. The van der Waals surface area contributed by atoms with Crippen molar-refractivity contribution in [2.75, 3.05) is 0 Å². The molecule has 0 atom stereocenters. The fraction of sp³-hybridized carbons (Fsp3) is 0. The summed E-state index contributed by atoms with van der Waals surface area (Å²) in [5.74, 6) is 0. The van der Waals surface area contributed by atoms with Crippen LogP contribution >= 0.6 is 11.6 Å². The van der Waals surface area contributed by atoms with E-state index >= 15 is 0 Å². The molecule has 2 aromatic rings. The van der Waals surface area contributed by atoms with Crippen LogP contribution in [0.15, 0.2) is 40.1 Å². The Morgan fingerprint density at radius 1 is 0.895 bits per heavy atom. The summed E-state index contributed by atoms with van der Waals surface area (Å²) in [6, 6.07) is 7.01. The second kappa shape index (κ2) is 4.43. The van der Waals surface area contributed by atoms with Crippen LogP contribution in [0, 0.1) is 0 Å². The molecule has 2 N–H and O–H groups in total. The standard InChI is InChI=1S/C10H7ClO6S2/c11-8-5-6-3-1-2-4-7(6)9(18(12,13)14)10(8)19(15,16)17/h1-5H,(H,12,13,14)(H,15,16,17). The topological polar surface area (TPSA) is 109 Å². The van der Waals surface area contributed by atoms with Crippen LogP contribution in [0.4, 0.5) is 0 Å². The van der Waals surface area contributed by atoms with Crippen LogP contribution in [0.5, 0.6) is 0 Å². The second-order valence-electron chi connectivity index (χ2n) is 3.69. The summed E-state index contributed by atoms with van der Waals surface area (Å²) >= 11 is 5.68. The zero-order valence-electron chi connectivity index (χ0n) is 9.11. The fourth-order valence-corrected chi connectivity index (χ4v) is 4.41. The fourth-order valence-electron chi connectivity index (χ4n) is 1.76. The molecule has 102 valence electrons. The predicted molar refractivity (Wildman–Crippen MR) is 68.6 cm³/mol. The van der Waals surface area contributed by atoms with Crippen LogP contribution in [0.2, 0.25) is 5.02 Å². The Morgan fingerprint density at radius 3 is 1.95 bits per heavy atom. The molecule has 0 saturated heterocycles. The van der Waals surface area contributed by atoms with Crippen molar-refractivity contribution in [1.82, 2.24) is 0 Å². The lowest BCUT2D eigenvalue weighted by Gasteiger charge is -2.10. The van der Waals surface area contributed by atoms with E-state index in [1.54, 1.807) is 6.07 Å². The molecule has 0 heterocycles. The number of hydrogen-bond donors (Lipinski definition) is 2. The lowest BCUT2D eigenvalue weighted by atomic mass is 10.1. The largest absolute Gasteiger partial charge is 0.297 e. The Bertz CT molecular complexity index is 870. The Labute approximate surface area is 114 Å². The number of benzene rings is 2. The molecule has 0 aromatic heterocycles. The van der Waals surface area contributed by atoms with Gasteiger partial charge in [-0.2, -0.15) is 16.8 Å². The van der Waals surface area contributed by atoms with Crippen molar-refractivity contribution in [3.05, 3.63) is 35.4 Å². The Hall–Kier alpha value is -1.19. The van der Waals surface area contributed by atoms with E-state index in [4.69, 9.17) is 16.2 Å². The maximum atomic E-state index is 11.4. The van der Waals surface area contributed by atoms with Crippen LogP contribution in [-0.4, -0.2) is 25.9 Å². The van der Waals surface area contributed by atoms with E-state index in [0.717, 1.165) is 0 Å². The van der Waals surface area contributed by atoms with E-state index in [9.17, 15) is 21.4 Å². The summed E-state index contributed by atoms with van der Waals surface area (Å²) in [5, 5.41) is -0.233. The van der Waals surface area contributed by atoms with E-state index in [1.165, 1.54) is 24.3 Å². The van der Waals surface area contributed by atoms with Crippen molar-refractivity contribution in [2.45, 2.75) is 9.79 Å². The third kappa shape index (κ3) is 2.58. The first kappa shape index (κ1) is 14.2. The molecule has 0 fully saturated rings. The first-order valence-electron chi connectivity index (χ1n) is 4.78. The van der Waals surface area contributed by atoms with Gasteiger partial charge in [0.15, 0.2) is 0 Å². The van der Waals surface area contributed by atoms with E-state index in [2.05, 4.69) is 0 Å². The number of fused-ring (bicyclic) bond motifs is 1. The Balaban J connectivity index is 3.18. The number of hydrogen-bond acceptors (Lipinski definition) is 4. The number of rotatable bonds is 2. The molecular weight excluding hydrogens is 316 g/mol. The van der Waals surface area contributed by atoms with Crippen molar-refractivity contribution < 1.29 is 25.9 Å². The minimum absolute atomic E-state index is 0.0537. The smallest absolute Gasteiger partial charge is 0.282 e. The minimum Gasteiger partial charge on any atom is -0.282 e. The van der Waals surface area contributed by atoms with Gasteiger partial charge in [0.05, 0.1) is 5.02 Å². The highest BCUT2D eigenvalue weighted by atomic mass is 35.5. The summed E-state index contributed by atoms with van der Waals surface area (Å²) in [6.07, 6.45) is 0. The zero-order chi connectivity index (χ0) is 14.4. The summed E-state index contributed by atoms with van der Waals surface area (Å²) in [4.78, 5) is -1.96. The molecule has 0 spiro atoms. The van der Waals surface area contributed by atoms with Gasteiger partial charge < -0.3 is 0 Å². The lowest BCUT2D eigenvalue weighted by molar-refractivity contribution is 0.468. The molecule has 0 aliphatic rings. The minimum atomic E-state index is -4.91. The number of halogens is 1. The van der Waals surface area contributed by atoms with E-state index < -0.39 is 35.0 Å². The van der Waals surface area contributed by atoms with Crippen LogP contribution in [-0.2, 0) is 20.2 Å². The van der Waals surface area contributed by atoms with Gasteiger partial charge in [-0.3, -0.25) is 9.11 Å². The summed E-state index contributed by atoms with van der Waals surface area (Å²) in [6.45, 7) is 0. The molecule has 0 aliphatic carbocycles. The van der Waals surface area contributed by atoms with Gasteiger partial charge in [-0.15, -0.1) is 0 Å². The van der Waals surface area contributed by atoms with Crippen molar-refractivity contribution in [3.63, 3.8) is 0 Å². The van der Waals surface area contributed by atoms with Crippen LogP contribution in [0.25, 0.3) is 10.8 Å². The highest BCUT2D eigenvalue weighted by molar-refractivity contribution is 7.89. The second-order valence-corrected chi connectivity index (χ2v) is 6.81. The molecule has 2 rings (SSSR count). The molecule has 0 unspecified atom stereocenters. The van der Waals surface area contributed by atoms with Gasteiger partial charge in [0.25, 0.3) is 20.2 Å². The average Bonchev–Trinajstić information content (AvgIpc) is 2.24. The SMILES string of the molecule is O=S(=O)(O)c1c(Cl)cc2ccccc2c1S(=O)(=O)O. The average molecular weight is 323 g/mol. The van der Waals surface area contributed by atoms with Gasteiger partial charge in [0, 0.05) is 5.39 Å². The lowest BCUT2D eigenvalue weighted by Crippen LogP contribution is -2.10. The normalized spacial score (nSPS) is 12.8. The Morgan fingerprint density at radius 2 is 1.42 bits per heavy atom. The molecule has 2 aromatic carbocycles. The maximum Gasteiger partial charge on any atom is 0.297 e. The molecule has 0 bridgehead atoms. The highest BCUT2D eigenvalue weighted by Gasteiger charge is 2.29. The van der Waals surface area contributed by atoms with Gasteiger partial charge in [-0.1, -0.05) is 35.9 Å². The van der Waals surface area contributed by atoms with Crippen molar-refractivity contribution in [3.8, 4) is 0 Å². The molecule has 0 radical (unpaired) electrons. The molecule has 0 aliphatic heterocycles. The molecule has 19 heavy (non-hydrogen) atoms.